The van der Waals surface area contributed by atoms with Gasteiger partial charge >= 0.3 is 0 Å². The van der Waals surface area contributed by atoms with Crippen LogP contribution < -0.4 is 11.5 Å². The number of carbonyl (C=O) groups is 1. The van der Waals surface area contributed by atoms with E-state index in [0.717, 1.165) is 35.2 Å². The minimum atomic E-state index is 0.0660. The van der Waals surface area contributed by atoms with E-state index < -0.39 is 0 Å². The molecule has 0 aliphatic carbocycles. The predicted molar refractivity (Wildman–Crippen MR) is 109 cm³/mol. The summed E-state index contributed by atoms with van der Waals surface area (Å²) in [7, 11) is 0. The number of anilines is 1. The topological polar surface area (TPSA) is 108 Å². The summed E-state index contributed by atoms with van der Waals surface area (Å²) >= 11 is 3.45. The number of nitrogens with one attached hydrogen (secondary N) is 1. The van der Waals surface area contributed by atoms with Crippen molar-refractivity contribution in [3.63, 3.8) is 0 Å². The lowest BCUT2D eigenvalue weighted by Crippen LogP contribution is -2.40. The second-order valence-electron chi connectivity index (χ2n) is 5.89. The van der Waals surface area contributed by atoms with Gasteiger partial charge in [0.15, 0.2) is 0 Å². The number of aromatic amines is 1. The highest BCUT2D eigenvalue weighted by molar-refractivity contribution is 9.10. The minimum Gasteiger partial charge on any atom is -0.507 e. The zero-order chi connectivity index (χ0) is 19.3. The van der Waals surface area contributed by atoms with Crippen molar-refractivity contribution in [3.05, 3.63) is 58.2 Å². The van der Waals surface area contributed by atoms with Crippen molar-refractivity contribution in [3.8, 4) is 5.75 Å². The first kappa shape index (κ1) is 19.7. The molecule has 1 aromatic heterocycles. The van der Waals surface area contributed by atoms with Crippen molar-refractivity contribution in [2.24, 2.45) is 5.73 Å². The van der Waals surface area contributed by atoms with E-state index in [-0.39, 0.29) is 11.7 Å². The molecule has 1 aromatic carbocycles. The number of aryl methyl sites for hydroxylation is 1. The highest BCUT2D eigenvalue weighted by Gasteiger charge is 2.16. The Bertz CT molecular complexity index is 838. The molecule has 3 rings (SSSR count). The number of para-hydroxylation sites is 1. The Kier molecular flexibility index (Phi) is 6.52. The molecular weight excluding hydrogens is 396 g/mol. The number of halogens is 1. The smallest absolute Gasteiger partial charge is 0.245 e. The van der Waals surface area contributed by atoms with Gasteiger partial charge in [-0.05, 0) is 53.6 Å². The van der Waals surface area contributed by atoms with E-state index in [2.05, 4.69) is 27.5 Å². The third-order valence-corrected chi connectivity index (χ3v) is 5.06. The van der Waals surface area contributed by atoms with Crippen molar-refractivity contribution in [1.29, 1.82) is 0 Å². The second-order valence-corrected chi connectivity index (χ2v) is 6.68. The summed E-state index contributed by atoms with van der Waals surface area (Å²) in [5.74, 6) is 0.752. The number of hydrogen-bond acceptors (Lipinski definition) is 4. The fraction of sp³-hybridized carbons (Fsp3) is 0.211. The Labute approximate surface area is 161 Å². The van der Waals surface area contributed by atoms with Gasteiger partial charge in [0.05, 0.1) is 0 Å². The molecule has 0 unspecified atom stereocenters. The van der Waals surface area contributed by atoms with E-state index >= 15 is 0 Å². The average molecular weight is 419 g/mol. The molecule has 7 heteroatoms. The van der Waals surface area contributed by atoms with Gasteiger partial charge in [-0.1, -0.05) is 18.7 Å². The first-order valence-electron chi connectivity index (χ1n) is 8.15. The van der Waals surface area contributed by atoms with Crippen LogP contribution in [0.15, 0.2) is 41.4 Å². The molecule has 0 saturated carbocycles. The summed E-state index contributed by atoms with van der Waals surface area (Å²) in [4.78, 5) is 15.4. The maximum atomic E-state index is 10.6. The number of hydrogen-bond donors (Lipinski definition) is 4. The number of likely N-dealkylation sites (tertiary alicyclic amines) is 1. The third-order valence-electron chi connectivity index (χ3n) is 4.04. The third kappa shape index (κ3) is 4.49. The number of phenolic OH excluding ortho intramolecular Hbond substituents is 1. The van der Waals surface area contributed by atoms with E-state index in [4.69, 9.17) is 11.5 Å². The van der Waals surface area contributed by atoms with Crippen LogP contribution in [0.25, 0.3) is 11.8 Å². The quantitative estimate of drug-likeness (QED) is 0.573. The van der Waals surface area contributed by atoms with Crippen LogP contribution in [0.5, 0.6) is 5.75 Å². The number of phenols is 1. The average Bonchev–Trinajstić information content (AvgIpc) is 2.80. The number of carbonyl (C=O) groups excluding carboxylic acids is 1. The molecule has 1 aliphatic rings. The van der Waals surface area contributed by atoms with Crippen LogP contribution in [0.2, 0.25) is 0 Å². The largest absolute Gasteiger partial charge is 0.507 e. The van der Waals surface area contributed by atoms with E-state index in [0.29, 0.717) is 17.1 Å². The molecule has 0 radical (unpaired) electrons. The lowest BCUT2D eigenvalue weighted by Gasteiger charge is -2.29. The van der Waals surface area contributed by atoms with E-state index in [1.165, 1.54) is 6.08 Å². The Morgan fingerprint density at radius 3 is 2.46 bits per heavy atom. The molecule has 0 atom stereocenters. The second kappa shape index (κ2) is 8.62. The van der Waals surface area contributed by atoms with Crippen LogP contribution >= 0.6 is 15.9 Å². The minimum absolute atomic E-state index is 0.0660. The molecule has 1 fully saturated rings. The summed E-state index contributed by atoms with van der Waals surface area (Å²) in [6.45, 7) is 7.13. The maximum absolute atomic E-state index is 10.6. The van der Waals surface area contributed by atoms with E-state index in [1.807, 2.05) is 13.0 Å². The highest BCUT2D eigenvalue weighted by atomic mass is 79.9. The summed E-state index contributed by atoms with van der Waals surface area (Å²) in [5, 5.41) is 9.73. The zero-order valence-corrected chi connectivity index (χ0v) is 16.2. The van der Waals surface area contributed by atoms with Crippen molar-refractivity contribution < 1.29 is 9.90 Å². The standard InChI is InChI=1S/C13H14BrN3O.C6H9NO/c1-7-12(14)9(13(16)17-7)6-10(15)8-4-2-3-5-11(8)18;1-2-6(8)7-4-3-5-7/h2-6,17-18H,15-16H2,1H3;2H,1,3-5H2/b10-6-;. The van der Waals surface area contributed by atoms with Crippen LogP contribution in [0.1, 0.15) is 23.2 Å². The molecule has 1 saturated heterocycles. The molecule has 0 bridgehead atoms. The lowest BCUT2D eigenvalue weighted by atomic mass is 10.1. The number of nitrogens with zero attached hydrogens (tertiary/aromatic N) is 1. The Morgan fingerprint density at radius 2 is 2.04 bits per heavy atom. The monoisotopic (exact) mass is 418 g/mol. The van der Waals surface area contributed by atoms with Gasteiger partial charge in [-0.15, -0.1) is 0 Å². The first-order valence-corrected chi connectivity index (χ1v) is 8.94. The number of aromatic hydroxyl groups is 1. The van der Waals surface area contributed by atoms with Gasteiger partial charge in [0, 0.05) is 40.1 Å². The number of nitrogens with two attached hydrogens (primary N) is 2. The van der Waals surface area contributed by atoms with Gasteiger partial charge in [0.25, 0.3) is 0 Å². The molecule has 1 amide bonds. The molecule has 26 heavy (non-hydrogen) atoms. The van der Waals surface area contributed by atoms with Crippen LogP contribution in [-0.4, -0.2) is 34.0 Å². The molecular formula is C19H23BrN4O2. The normalized spacial score (nSPS) is 13.5. The van der Waals surface area contributed by atoms with Gasteiger partial charge in [0.2, 0.25) is 5.91 Å². The van der Waals surface area contributed by atoms with Crippen molar-refractivity contribution >= 4 is 39.4 Å². The number of nitrogen functional groups attached to an aromatic ring is 1. The van der Waals surface area contributed by atoms with Crippen molar-refractivity contribution in [1.82, 2.24) is 9.88 Å². The summed E-state index contributed by atoms with van der Waals surface area (Å²) < 4.78 is 0.873. The molecule has 0 spiro atoms. The first-order chi connectivity index (χ1) is 12.3. The Morgan fingerprint density at radius 1 is 1.38 bits per heavy atom. The van der Waals surface area contributed by atoms with Crippen LogP contribution in [0.4, 0.5) is 5.82 Å². The fourth-order valence-corrected chi connectivity index (χ4v) is 2.83. The number of benzene rings is 1. The summed E-state index contributed by atoms with van der Waals surface area (Å²) in [6.07, 6.45) is 4.25. The Hall–Kier alpha value is -2.67. The molecule has 138 valence electrons. The molecule has 1 aliphatic heterocycles. The summed E-state index contributed by atoms with van der Waals surface area (Å²) in [6, 6.07) is 6.91. The molecule has 2 heterocycles. The van der Waals surface area contributed by atoms with Gasteiger partial charge in [-0.3, -0.25) is 4.79 Å². The lowest BCUT2D eigenvalue weighted by molar-refractivity contribution is -0.129. The fourth-order valence-electron chi connectivity index (χ4n) is 2.40. The molecule has 6 N–H and O–H groups in total. The van der Waals surface area contributed by atoms with Crippen LogP contribution in [-0.2, 0) is 4.79 Å². The van der Waals surface area contributed by atoms with Gasteiger partial charge in [0.1, 0.15) is 11.6 Å². The van der Waals surface area contributed by atoms with Gasteiger partial charge in [-0.25, -0.2) is 0 Å². The number of H-pyrrole nitrogens is 1. The predicted octanol–water partition coefficient (Wildman–Crippen LogP) is 3.23. The van der Waals surface area contributed by atoms with Crippen molar-refractivity contribution in [2.75, 3.05) is 18.8 Å². The van der Waals surface area contributed by atoms with E-state index in [9.17, 15) is 9.90 Å². The van der Waals surface area contributed by atoms with Crippen LogP contribution in [0, 0.1) is 6.92 Å². The number of aromatic nitrogens is 1. The number of amides is 1. The Balaban J connectivity index is 0.000000254. The maximum Gasteiger partial charge on any atom is 0.245 e. The highest BCUT2D eigenvalue weighted by Crippen LogP contribution is 2.30. The SMILES string of the molecule is C=CC(=O)N1CCC1.Cc1[nH]c(N)c(/C=C(\N)c2ccccc2O)c1Br. The zero-order valence-electron chi connectivity index (χ0n) is 14.6. The number of rotatable bonds is 3. The van der Waals surface area contributed by atoms with E-state index in [1.54, 1.807) is 29.2 Å². The summed E-state index contributed by atoms with van der Waals surface area (Å²) in [5.41, 5.74) is 14.6. The van der Waals surface area contributed by atoms with Gasteiger partial charge < -0.3 is 26.5 Å². The van der Waals surface area contributed by atoms with Crippen molar-refractivity contribution in [2.45, 2.75) is 13.3 Å². The van der Waals surface area contributed by atoms with Crippen LogP contribution in [0.3, 0.4) is 0 Å². The molecule has 6 nitrogen and oxygen atoms in total. The van der Waals surface area contributed by atoms with Gasteiger partial charge in [-0.2, -0.15) is 0 Å². The molecule has 2 aromatic rings.